The third-order valence-electron chi connectivity index (χ3n) is 4.90. The number of carbonyl (C=O) groups is 1. The van der Waals surface area contributed by atoms with Crippen LogP contribution in [0.3, 0.4) is 0 Å². The topological polar surface area (TPSA) is 104 Å². The predicted octanol–water partition coefficient (Wildman–Crippen LogP) is 5.51. The molecule has 3 aromatic rings. The first-order valence-electron chi connectivity index (χ1n) is 9.14. The molecule has 0 spiro atoms. The number of sulfonamides is 1. The van der Waals surface area contributed by atoms with E-state index in [2.05, 4.69) is 4.72 Å². The zero-order chi connectivity index (χ0) is 22.8. The molecule has 1 heterocycles. The van der Waals surface area contributed by atoms with Gasteiger partial charge in [0, 0.05) is 27.4 Å². The number of hydrogen-bond donors (Lipinski definition) is 3. The van der Waals surface area contributed by atoms with Gasteiger partial charge in [0.25, 0.3) is 0 Å². The minimum atomic E-state index is -3.66. The van der Waals surface area contributed by atoms with Gasteiger partial charge in [-0.1, -0.05) is 48.9 Å². The van der Waals surface area contributed by atoms with Crippen molar-refractivity contribution in [1.29, 1.82) is 0 Å². The molecule has 164 valence electrons. The highest BCUT2D eigenvalue weighted by Gasteiger charge is 2.49. The molecule has 0 unspecified atom stereocenters. The lowest BCUT2D eigenvalue weighted by molar-refractivity contribution is 0.137. The van der Waals surface area contributed by atoms with E-state index < -0.39 is 22.0 Å². The summed E-state index contributed by atoms with van der Waals surface area (Å²) in [5.74, 6) is -0.0642. The molecule has 1 aliphatic rings. The molecule has 1 aliphatic carbocycles. The number of carboxylic acid groups (broad SMARTS) is 2. The standard InChI is InChI=1S/C20H17ClFNO2S2.CH2O3/c1-12-19(13-5-3-2-4-6-13)20(12)23-27(24,25)18-10-9-17(26-18)15-8-7-14(21)11-16(15)22;2-1(3)4/h2-12,19-20,23H,1H3;(H2,2,3,4)/t12-,19-,20+;/m1./s1. The molecule has 0 aliphatic heterocycles. The summed E-state index contributed by atoms with van der Waals surface area (Å²) in [7, 11) is -3.66. The van der Waals surface area contributed by atoms with Crippen molar-refractivity contribution < 1.29 is 27.8 Å². The van der Waals surface area contributed by atoms with Crippen LogP contribution in [0.15, 0.2) is 64.9 Å². The minimum Gasteiger partial charge on any atom is -0.450 e. The van der Waals surface area contributed by atoms with Crippen LogP contribution < -0.4 is 4.72 Å². The van der Waals surface area contributed by atoms with Crippen molar-refractivity contribution in [1.82, 2.24) is 4.72 Å². The highest BCUT2D eigenvalue weighted by atomic mass is 35.5. The van der Waals surface area contributed by atoms with Gasteiger partial charge in [0.05, 0.1) is 0 Å². The molecule has 3 atom stereocenters. The summed E-state index contributed by atoms with van der Waals surface area (Å²) >= 11 is 6.83. The molecule has 31 heavy (non-hydrogen) atoms. The molecule has 0 amide bonds. The van der Waals surface area contributed by atoms with Gasteiger partial charge < -0.3 is 10.2 Å². The van der Waals surface area contributed by atoms with Gasteiger partial charge in [0.15, 0.2) is 0 Å². The van der Waals surface area contributed by atoms with Crippen molar-refractivity contribution in [3.05, 3.63) is 77.1 Å². The monoisotopic (exact) mass is 483 g/mol. The fraction of sp³-hybridized carbons (Fsp3) is 0.190. The summed E-state index contributed by atoms with van der Waals surface area (Å²) in [4.78, 5) is 9.10. The van der Waals surface area contributed by atoms with E-state index in [0.717, 1.165) is 16.9 Å². The van der Waals surface area contributed by atoms with Crippen molar-refractivity contribution in [2.24, 2.45) is 5.92 Å². The van der Waals surface area contributed by atoms with Gasteiger partial charge in [-0.05, 0) is 41.8 Å². The first kappa shape index (κ1) is 23.2. The van der Waals surface area contributed by atoms with Gasteiger partial charge in [-0.2, -0.15) is 0 Å². The van der Waals surface area contributed by atoms with Crippen molar-refractivity contribution in [3.63, 3.8) is 0 Å². The summed E-state index contributed by atoms with van der Waals surface area (Å²) in [6, 6.07) is 17.3. The van der Waals surface area contributed by atoms with Gasteiger partial charge in [-0.15, -0.1) is 11.3 Å². The first-order chi connectivity index (χ1) is 14.6. The highest BCUT2D eigenvalue weighted by Crippen LogP contribution is 2.48. The summed E-state index contributed by atoms with van der Waals surface area (Å²) < 4.78 is 42.6. The predicted molar refractivity (Wildman–Crippen MR) is 118 cm³/mol. The van der Waals surface area contributed by atoms with Crippen LogP contribution in [0.2, 0.25) is 5.02 Å². The highest BCUT2D eigenvalue weighted by molar-refractivity contribution is 7.91. The lowest BCUT2D eigenvalue weighted by Gasteiger charge is -2.05. The van der Waals surface area contributed by atoms with E-state index in [9.17, 15) is 12.8 Å². The molecule has 2 aromatic carbocycles. The largest absolute Gasteiger partial charge is 0.503 e. The number of nitrogens with one attached hydrogen (secondary N) is 1. The van der Waals surface area contributed by atoms with Crippen molar-refractivity contribution in [3.8, 4) is 10.4 Å². The second-order valence-electron chi connectivity index (χ2n) is 6.97. The molecule has 0 saturated heterocycles. The maximum atomic E-state index is 14.1. The summed E-state index contributed by atoms with van der Waals surface area (Å²) in [6.45, 7) is 2.04. The molecular weight excluding hydrogens is 465 g/mol. The van der Waals surface area contributed by atoms with Crippen LogP contribution in [0, 0.1) is 11.7 Å². The van der Waals surface area contributed by atoms with Gasteiger partial charge in [0.1, 0.15) is 10.0 Å². The first-order valence-corrected chi connectivity index (χ1v) is 11.8. The van der Waals surface area contributed by atoms with Crippen LogP contribution >= 0.6 is 22.9 Å². The number of thiophene rings is 1. The van der Waals surface area contributed by atoms with Crippen LogP contribution in [0.4, 0.5) is 9.18 Å². The second kappa shape index (κ2) is 9.35. The number of benzene rings is 2. The lowest BCUT2D eigenvalue weighted by Crippen LogP contribution is -2.27. The molecule has 3 N–H and O–H groups in total. The molecule has 1 aromatic heterocycles. The van der Waals surface area contributed by atoms with Crippen molar-refractivity contribution in [2.45, 2.75) is 23.1 Å². The summed E-state index contributed by atoms with van der Waals surface area (Å²) in [6.07, 6.45) is -1.83. The normalized spacial score (nSPS) is 19.9. The molecular formula is C21H19ClFNO5S2. The Morgan fingerprint density at radius 2 is 1.74 bits per heavy atom. The number of rotatable bonds is 5. The van der Waals surface area contributed by atoms with Gasteiger partial charge in [0.2, 0.25) is 10.0 Å². The van der Waals surface area contributed by atoms with E-state index in [-0.39, 0.29) is 22.1 Å². The Kier molecular flexibility index (Phi) is 7.00. The molecule has 1 fully saturated rings. The summed E-state index contributed by atoms with van der Waals surface area (Å²) in [5, 5.41) is 14.2. The van der Waals surface area contributed by atoms with Crippen LogP contribution in [0.5, 0.6) is 0 Å². The second-order valence-corrected chi connectivity index (χ2v) is 10.4. The maximum absolute atomic E-state index is 14.1. The maximum Gasteiger partial charge on any atom is 0.503 e. The van der Waals surface area contributed by atoms with Crippen LogP contribution in [0.25, 0.3) is 10.4 Å². The molecule has 0 radical (unpaired) electrons. The third kappa shape index (κ3) is 5.62. The van der Waals surface area contributed by atoms with E-state index >= 15 is 0 Å². The fourth-order valence-corrected chi connectivity index (χ4v) is 6.22. The van der Waals surface area contributed by atoms with E-state index in [1.807, 2.05) is 37.3 Å². The Morgan fingerprint density at radius 3 is 2.35 bits per heavy atom. The Balaban J connectivity index is 0.000000628. The number of hydrogen-bond acceptors (Lipinski definition) is 4. The average molecular weight is 484 g/mol. The molecule has 1 saturated carbocycles. The Hall–Kier alpha value is -2.46. The number of halogens is 2. The molecule has 0 bridgehead atoms. The van der Waals surface area contributed by atoms with Gasteiger partial charge in [-0.3, -0.25) is 0 Å². The molecule has 10 heteroatoms. The molecule has 4 rings (SSSR count). The summed E-state index contributed by atoms with van der Waals surface area (Å²) in [5.41, 5.74) is 1.47. The zero-order valence-corrected chi connectivity index (χ0v) is 18.6. The van der Waals surface area contributed by atoms with Crippen LogP contribution in [-0.2, 0) is 10.0 Å². The van der Waals surface area contributed by atoms with E-state index in [1.165, 1.54) is 12.1 Å². The molecule has 6 nitrogen and oxygen atoms in total. The average Bonchev–Trinajstić information content (AvgIpc) is 3.09. The minimum absolute atomic E-state index is 0.129. The van der Waals surface area contributed by atoms with Crippen molar-refractivity contribution >= 4 is 39.1 Å². The SMILES string of the molecule is C[C@H]1[C@H](NS(=O)(=O)c2ccc(-c3ccc(Cl)cc3F)s2)[C@H]1c1ccccc1.O=C(O)O. The Labute approximate surface area is 188 Å². The quantitative estimate of drug-likeness (QED) is 0.444. The van der Waals surface area contributed by atoms with E-state index in [1.54, 1.807) is 18.2 Å². The Morgan fingerprint density at radius 1 is 1.10 bits per heavy atom. The lowest BCUT2D eigenvalue weighted by atomic mass is 10.1. The van der Waals surface area contributed by atoms with E-state index in [0.29, 0.717) is 15.5 Å². The zero-order valence-electron chi connectivity index (χ0n) is 16.2. The van der Waals surface area contributed by atoms with Crippen LogP contribution in [-0.4, -0.2) is 30.8 Å². The van der Waals surface area contributed by atoms with Crippen LogP contribution in [0.1, 0.15) is 18.4 Å². The van der Waals surface area contributed by atoms with Gasteiger partial charge >= 0.3 is 6.16 Å². The van der Waals surface area contributed by atoms with Gasteiger partial charge in [-0.25, -0.2) is 22.3 Å². The third-order valence-corrected chi connectivity index (χ3v) is 8.20. The Bertz CT molecular complexity index is 1180. The smallest absolute Gasteiger partial charge is 0.450 e. The van der Waals surface area contributed by atoms with Crippen molar-refractivity contribution in [2.75, 3.05) is 0 Å². The fourth-order valence-electron chi connectivity index (χ4n) is 3.37. The van der Waals surface area contributed by atoms with E-state index in [4.69, 9.17) is 26.6 Å².